The largest absolute Gasteiger partial charge is 0.0654 e. The average molecular weight is 226 g/mol. The second-order valence-corrected chi connectivity index (χ2v) is 5.24. The van der Waals surface area contributed by atoms with Gasteiger partial charge in [0.25, 0.3) is 0 Å². The Kier molecular flexibility index (Phi) is 15.0. The van der Waals surface area contributed by atoms with E-state index in [-0.39, 0.29) is 0 Å². The maximum Gasteiger partial charge on any atom is -0.0533 e. The number of unbranched alkanes of at least 4 members (excludes halogenated alkanes) is 7. The van der Waals surface area contributed by atoms with Gasteiger partial charge in [-0.15, -0.1) is 0 Å². The summed E-state index contributed by atoms with van der Waals surface area (Å²) < 4.78 is 0. The highest BCUT2D eigenvalue weighted by atomic mass is 14.0. The zero-order chi connectivity index (χ0) is 11.9. The van der Waals surface area contributed by atoms with Crippen LogP contribution in [0.4, 0.5) is 0 Å². The second kappa shape index (κ2) is 15.0. The molecule has 0 aromatic heterocycles. The lowest BCUT2D eigenvalue weighted by Crippen LogP contribution is -1.85. The fraction of sp³-hybridized carbons (Fsp3) is 1.00. The first-order valence-corrected chi connectivity index (χ1v) is 7.91. The van der Waals surface area contributed by atoms with Crippen LogP contribution in [0.3, 0.4) is 0 Å². The van der Waals surface area contributed by atoms with Crippen LogP contribution in [0.2, 0.25) is 0 Å². The number of rotatable bonds is 7. The van der Waals surface area contributed by atoms with E-state index in [1.54, 1.807) is 0 Å². The van der Waals surface area contributed by atoms with Crippen molar-refractivity contribution in [3.63, 3.8) is 0 Å². The summed E-state index contributed by atoms with van der Waals surface area (Å²) in [5, 5.41) is 0. The predicted molar refractivity (Wildman–Crippen MR) is 76.0 cm³/mol. The molecule has 0 bridgehead atoms. The smallest absolute Gasteiger partial charge is 0.0533 e. The third kappa shape index (κ3) is 14.0. The average Bonchev–Trinajstić information content (AvgIpc) is 2.37. The van der Waals surface area contributed by atoms with Crippen molar-refractivity contribution >= 4 is 0 Å². The topological polar surface area (TPSA) is 0 Å². The van der Waals surface area contributed by atoms with Crippen molar-refractivity contribution in [1.82, 2.24) is 0 Å². The van der Waals surface area contributed by atoms with Gasteiger partial charge in [-0.05, 0) is 0 Å². The Balaban J connectivity index is 0.000000315. The Labute approximate surface area is 104 Å². The van der Waals surface area contributed by atoms with E-state index in [0.717, 1.165) is 0 Å². The second-order valence-electron chi connectivity index (χ2n) is 5.24. The molecule has 0 N–H and O–H groups in total. The van der Waals surface area contributed by atoms with E-state index in [4.69, 9.17) is 0 Å². The number of hydrogen-bond acceptors (Lipinski definition) is 0. The summed E-state index contributed by atoms with van der Waals surface area (Å²) in [5.41, 5.74) is 0. The van der Waals surface area contributed by atoms with Gasteiger partial charge in [-0.1, -0.05) is 104 Å². The summed E-state index contributed by atoms with van der Waals surface area (Å²) in [5.74, 6) is 0. The van der Waals surface area contributed by atoms with Crippen LogP contribution in [0.15, 0.2) is 0 Å². The quantitative estimate of drug-likeness (QED) is 0.435. The molecule has 1 saturated carbocycles. The fourth-order valence-electron chi connectivity index (χ4n) is 2.27. The Morgan fingerprint density at radius 2 is 0.688 bits per heavy atom. The third-order valence-corrected chi connectivity index (χ3v) is 3.46. The van der Waals surface area contributed by atoms with Gasteiger partial charge in [0.05, 0.1) is 0 Å². The highest BCUT2D eigenvalue weighted by Crippen LogP contribution is 2.15. The van der Waals surface area contributed by atoms with E-state index in [9.17, 15) is 0 Å². The van der Waals surface area contributed by atoms with E-state index in [1.807, 2.05) is 0 Å². The zero-order valence-corrected chi connectivity index (χ0v) is 11.9. The lowest BCUT2D eigenvalue weighted by Gasteiger charge is -2.05. The first-order chi connectivity index (χ1) is 7.91. The fourth-order valence-corrected chi connectivity index (χ4v) is 2.27. The van der Waals surface area contributed by atoms with Crippen molar-refractivity contribution in [1.29, 1.82) is 0 Å². The van der Waals surface area contributed by atoms with Gasteiger partial charge in [-0.3, -0.25) is 0 Å². The number of hydrogen-bond donors (Lipinski definition) is 0. The molecule has 16 heavy (non-hydrogen) atoms. The summed E-state index contributed by atoms with van der Waals surface area (Å²) >= 11 is 0. The van der Waals surface area contributed by atoms with Gasteiger partial charge in [-0.25, -0.2) is 0 Å². The molecule has 98 valence electrons. The molecule has 0 atom stereocenters. The first kappa shape index (κ1) is 16.0. The minimum atomic E-state index is 1.37. The van der Waals surface area contributed by atoms with Gasteiger partial charge < -0.3 is 0 Å². The van der Waals surface area contributed by atoms with E-state index in [2.05, 4.69) is 13.8 Å². The summed E-state index contributed by atoms with van der Waals surface area (Å²) in [7, 11) is 0. The van der Waals surface area contributed by atoms with Gasteiger partial charge in [-0.2, -0.15) is 0 Å². The molecule has 0 aliphatic heterocycles. The van der Waals surface area contributed by atoms with Crippen molar-refractivity contribution in [2.75, 3.05) is 0 Å². The molecule has 0 heteroatoms. The van der Waals surface area contributed by atoms with Crippen LogP contribution < -0.4 is 0 Å². The van der Waals surface area contributed by atoms with Crippen molar-refractivity contribution < 1.29 is 0 Å². The molecule has 0 saturated heterocycles. The Morgan fingerprint density at radius 3 is 0.938 bits per heavy atom. The normalized spacial score (nSPS) is 15.4. The maximum atomic E-state index is 2.27. The van der Waals surface area contributed by atoms with Gasteiger partial charge in [0.2, 0.25) is 0 Å². The van der Waals surface area contributed by atoms with Crippen LogP contribution in [0.25, 0.3) is 0 Å². The highest BCUT2D eigenvalue weighted by Gasteiger charge is 1.95. The minimum Gasteiger partial charge on any atom is -0.0654 e. The van der Waals surface area contributed by atoms with Crippen LogP contribution in [0.1, 0.15) is 104 Å². The highest BCUT2D eigenvalue weighted by molar-refractivity contribution is 4.51. The van der Waals surface area contributed by atoms with Gasteiger partial charge >= 0.3 is 0 Å². The SMILES string of the molecule is C1CCCCC1.CCCCCCCCCC. The van der Waals surface area contributed by atoms with E-state index in [0.29, 0.717) is 0 Å². The van der Waals surface area contributed by atoms with E-state index in [1.165, 1.54) is 89.9 Å². The van der Waals surface area contributed by atoms with Crippen LogP contribution in [0.5, 0.6) is 0 Å². The zero-order valence-electron chi connectivity index (χ0n) is 11.9. The van der Waals surface area contributed by atoms with Crippen LogP contribution in [-0.4, -0.2) is 0 Å². The Hall–Kier alpha value is 0. The molecule has 1 aliphatic carbocycles. The predicted octanol–water partition coefficient (Wildman–Crippen LogP) is 6.49. The molecule has 0 aromatic rings. The van der Waals surface area contributed by atoms with Crippen LogP contribution in [-0.2, 0) is 0 Å². The molecule has 0 aromatic carbocycles. The molecule has 1 fully saturated rings. The standard InChI is InChI=1S/C10H22.C6H12/c1-3-5-7-9-10-8-6-4-2;1-2-4-6-5-3-1/h3-10H2,1-2H3;1-6H2. The molecular formula is C16H34. The molecular weight excluding hydrogens is 192 g/mol. The van der Waals surface area contributed by atoms with Crippen molar-refractivity contribution in [3.05, 3.63) is 0 Å². The molecule has 0 amide bonds. The summed E-state index contributed by atoms with van der Waals surface area (Å²) in [4.78, 5) is 0. The first-order valence-electron chi connectivity index (χ1n) is 7.91. The molecule has 0 radical (unpaired) electrons. The minimum absolute atomic E-state index is 1.37. The van der Waals surface area contributed by atoms with Crippen LogP contribution in [0, 0.1) is 0 Å². The van der Waals surface area contributed by atoms with Crippen molar-refractivity contribution in [2.24, 2.45) is 0 Å². The van der Waals surface area contributed by atoms with E-state index < -0.39 is 0 Å². The lowest BCUT2D eigenvalue weighted by molar-refractivity contribution is 0.504. The molecule has 0 heterocycles. The Bertz CT molecular complexity index is 83.1. The van der Waals surface area contributed by atoms with Crippen LogP contribution >= 0.6 is 0 Å². The molecule has 0 unspecified atom stereocenters. The van der Waals surface area contributed by atoms with Gasteiger partial charge in [0, 0.05) is 0 Å². The van der Waals surface area contributed by atoms with E-state index >= 15 is 0 Å². The van der Waals surface area contributed by atoms with Gasteiger partial charge in [0.15, 0.2) is 0 Å². The Morgan fingerprint density at radius 1 is 0.438 bits per heavy atom. The van der Waals surface area contributed by atoms with Gasteiger partial charge in [0.1, 0.15) is 0 Å². The molecule has 0 spiro atoms. The summed E-state index contributed by atoms with van der Waals surface area (Å²) in [6.07, 6.45) is 20.5. The molecule has 1 aliphatic rings. The third-order valence-electron chi connectivity index (χ3n) is 3.46. The maximum absolute atomic E-state index is 2.27. The summed E-state index contributed by atoms with van der Waals surface area (Å²) in [6, 6.07) is 0. The molecule has 1 rings (SSSR count). The van der Waals surface area contributed by atoms with Crippen molar-refractivity contribution in [2.45, 2.75) is 104 Å². The summed E-state index contributed by atoms with van der Waals surface area (Å²) in [6.45, 7) is 4.54. The van der Waals surface area contributed by atoms with Crippen molar-refractivity contribution in [3.8, 4) is 0 Å². The lowest BCUT2D eigenvalue weighted by atomic mass is 10.0. The monoisotopic (exact) mass is 226 g/mol. The molecule has 0 nitrogen and oxygen atoms in total.